The van der Waals surface area contributed by atoms with Crippen LogP contribution >= 0.6 is 0 Å². The second-order valence-corrected chi connectivity index (χ2v) is 8.58. The van der Waals surface area contributed by atoms with E-state index in [9.17, 15) is 14.4 Å². The summed E-state index contributed by atoms with van der Waals surface area (Å²) in [6, 6.07) is 14.1. The Bertz CT molecular complexity index is 1120. The Morgan fingerprint density at radius 1 is 1.03 bits per heavy atom. The molecule has 3 rings (SSSR count). The van der Waals surface area contributed by atoms with Crippen molar-refractivity contribution in [1.82, 2.24) is 10.6 Å². The highest BCUT2D eigenvalue weighted by atomic mass is 16.5. The number of nitrogens with two attached hydrogens (primary N) is 2. The second kappa shape index (κ2) is 13.1. The van der Waals surface area contributed by atoms with E-state index in [1.165, 1.54) is 13.2 Å². The van der Waals surface area contributed by atoms with Gasteiger partial charge >= 0.3 is 12.1 Å². The lowest BCUT2D eigenvalue weighted by Crippen LogP contribution is -2.52. The molecule has 2 amide bonds. The molecular formula is C27H33N5O5. The van der Waals surface area contributed by atoms with Crippen LogP contribution in [0.15, 0.2) is 66.2 Å². The molecule has 10 heteroatoms. The van der Waals surface area contributed by atoms with Crippen LogP contribution in [-0.4, -0.2) is 56.3 Å². The third-order valence-corrected chi connectivity index (χ3v) is 6.10. The van der Waals surface area contributed by atoms with Gasteiger partial charge < -0.3 is 31.6 Å². The van der Waals surface area contributed by atoms with Crippen LogP contribution in [0.5, 0.6) is 0 Å². The third-order valence-electron chi connectivity index (χ3n) is 6.10. The van der Waals surface area contributed by atoms with Crippen LogP contribution in [0, 0.1) is 0 Å². The predicted molar refractivity (Wildman–Crippen MR) is 141 cm³/mol. The van der Waals surface area contributed by atoms with Crippen LogP contribution in [0.3, 0.4) is 0 Å². The van der Waals surface area contributed by atoms with Crippen LogP contribution < -0.4 is 22.1 Å². The predicted octanol–water partition coefficient (Wildman–Crippen LogP) is 2.18. The summed E-state index contributed by atoms with van der Waals surface area (Å²) in [4.78, 5) is 41.7. The maximum Gasteiger partial charge on any atom is 0.407 e. The van der Waals surface area contributed by atoms with Gasteiger partial charge in [0.1, 0.15) is 18.7 Å². The maximum absolute atomic E-state index is 13.0. The number of nitrogens with one attached hydrogen (secondary N) is 2. The van der Waals surface area contributed by atoms with E-state index in [-0.39, 0.29) is 37.9 Å². The highest BCUT2D eigenvalue weighted by molar-refractivity contribution is 5.89. The lowest BCUT2D eigenvalue weighted by Gasteiger charge is -2.22. The number of benzene rings is 2. The molecule has 1 aliphatic rings. The topological polar surface area (TPSA) is 158 Å². The number of ether oxygens (including phenoxy) is 2. The molecule has 0 aliphatic heterocycles. The summed E-state index contributed by atoms with van der Waals surface area (Å²) in [7, 11) is 1.23. The highest BCUT2D eigenvalue weighted by Gasteiger charge is 2.30. The number of fused-ring (bicyclic) bond motifs is 3. The first-order chi connectivity index (χ1) is 17.8. The molecule has 0 heterocycles. The molecular weight excluding hydrogens is 474 g/mol. The number of esters is 1. The normalized spacial score (nSPS) is 13.3. The molecule has 0 aromatic heterocycles. The van der Waals surface area contributed by atoms with Gasteiger partial charge in [0.2, 0.25) is 5.91 Å². The average Bonchev–Trinajstić information content (AvgIpc) is 3.22. The SMILES string of the molecule is C=CC[C@@H](NC(=O)[C@H](CCCN=C(N)N)NC(=O)OCC1c2ccccc2-c2ccccc21)C(=O)OC. The minimum Gasteiger partial charge on any atom is -0.467 e. The van der Waals surface area contributed by atoms with E-state index in [1.54, 1.807) is 0 Å². The molecule has 0 unspecified atom stereocenters. The van der Waals surface area contributed by atoms with Gasteiger partial charge in [-0.1, -0.05) is 54.6 Å². The van der Waals surface area contributed by atoms with Gasteiger partial charge in [0.25, 0.3) is 0 Å². The van der Waals surface area contributed by atoms with Gasteiger partial charge in [-0.05, 0) is 41.5 Å². The van der Waals surface area contributed by atoms with Crippen LogP contribution in [0.1, 0.15) is 36.3 Å². The van der Waals surface area contributed by atoms with Crippen molar-refractivity contribution in [3.8, 4) is 11.1 Å². The van der Waals surface area contributed by atoms with Crippen LogP contribution in [0.4, 0.5) is 4.79 Å². The molecule has 6 N–H and O–H groups in total. The Hall–Kier alpha value is -4.34. The Morgan fingerprint density at radius 2 is 1.65 bits per heavy atom. The van der Waals surface area contributed by atoms with Gasteiger partial charge in [-0.15, -0.1) is 6.58 Å². The lowest BCUT2D eigenvalue weighted by atomic mass is 9.98. The number of carbonyl (C=O) groups excluding carboxylic acids is 3. The van der Waals surface area contributed by atoms with Crippen molar-refractivity contribution < 1.29 is 23.9 Å². The number of aliphatic imine (C=N–C) groups is 1. The van der Waals surface area contributed by atoms with E-state index < -0.39 is 30.1 Å². The first-order valence-corrected chi connectivity index (χ1v) is 12.0. The lowest BCUT2D eigenvalue weighted by molar-refractivity contribution is -0.145. The Kier molecular flexibility index (Phi) is 9.65. The molecule has 2 atom stereocenters. The van der Waals surface area contributed by atoms with E-state index in [0.29, 0.717) is 6.42 Å². The van der Waals surface area contributed by atoms with Crippen molar-refractivity contribution in [3.05, 3.63) is 72.3 Å². The zero-order chi connectivity index (χ0) is 26.8. The first-order valence-electron chi connectivity index (χ1n) is 12.0. The van der Waals surface area contributed by atoms with Crippen molar-refractivity contribution in [2.45, 2.75) is 37.3 Å². The first kappa shape index (κ1) is 27.3. The van der Waals surface area contributed by atoms with E-state index >= 15 is 0 Å². The number of hydrogen-bond donors (Lipinski definition) is 4. The number of methoxy groups -OCH3 is 1. The minimum absolute atomic E-state index is 0.0674. The summed E-state index contributed by atoms with van der Waals surface area (Å²) >= 11 is 0. The number of guanidine groups is 1. The Morgan fingerprint density at radius 3 is 2.22 bits per heavy atom. The van der Waals surface area contributed by atoms with E-state index in [4.69, 9.17) is 20.9 Å². The largest absolute Gasteiger partial charge is 0.467 e. The third kappa shape index (κ3) is 7.09. The summed E-state index contributed by atoms with van der Waals surface area (Å²) in [5, 5.41) is 5.23. The number of rotatable bonds is 12. The monoisotopic (exact) mass is 507 g/mol. The van der Waals surface area contributed by atoms with Gasteiger partial charge in [-0.25, -0.2) is 9.59 Å². The average molecular weight is 508 g/mol. The van der Waals surface area contributed by atoms with E-state index in [0.717, 1.165) is 22.3 Å². The zero-order valence-electron chi connectivity index (χ0n) is 20.8. The molecule has 0 bridgehead atoms. The van der Waals surface area contributed by atoms with Gasteiger partial charge in [-0.2, -0.15) is 0 Å². The fraction of sp³-hybridized carbons (Fsp3) is 0.333. The van der Waals surface area contributed by atoms with E-state index in [2.05, 4.69) is 22.2 Å². The summed E-state index contributed by atoms with van der Waals surface area (Å²) in [5.74, 6) is -1.37. The Labute approximate surface area is 216 Å². The molecule has 37 heavy (non-hydrogen) atoms. The van der Waals surface area contributed by atoms with Crippen molar-refractivity contribution in [2.75, 3.05) is 20.3 Å². The van der Waals surface area contributed by atoms with Crippen molar-refractivity contribution >= 4 is 23.9 Å². The molecule has 1 aliphatic carbocycles. The van der Waals surface area contributed by atoms with Crippen molar-refractivity contribution in [1.29, 1.82) is 0 Å². The molecule has 196 valence electrons. The molecule has 2 aromatic carbocycles. The van der Waals surface area contributed by atoms with Crippen LogP contribution in [0.25, 0.3) is 11.1 Å². The summed E-state index contributed by atoms with van der Waals surface area (Å²) in [5.41, 5.74) is 15.1. The Balaban J connectivity index is 1.67. The minimum atomic E-state index is -0.984. The summed E-state index contributed by atoms with van der Waals surface area (Å²) < 4.78 is 10.3. The van der Waals surface area contributed by atoms with Gasteiger partial charge in [0, 0.05) is 12.5 Å². The van der Waals surface area contributed by atoms with Crippen LogP contribution in [-0.2, 0) is 19.1 Å². The number of alkyl carbamates (subject to hydrolysis) is 1. The van der Waals surface area contributed by atoms with Gasteiger partial charge in [0.15, 0.2) is 5.96 Å². The second-order valence-electron chi connectivity index (χ2n) is 8.58. The fourth-order valence-electron chi connectivity index (χ4n) is 4.35. The smallest absolute Gasteiger partial charge is 0.407 e. The molecule has 10 nitrogen and oxygen atoms in total. The van der Waals surface area contributed by atoms with Crippen molar-refractivity contribution in [3.63, 3.8) is 0 Å². The molecule has 0 radical (unpaired) electrons. The number of nitrogens with zero attached hydrogens (tertiary/aromatic N) is 1. The maximum atomic E-state index is 13.0. The standard InChI is InChI=1S/C27H33N5O5/c1-3-9-23(25(34)36-2)31-24(33)22(14-8-15-30-26(28)29)32-27(35)37-16-21-19-12-6-4-10-17(19)18-11-5-7-13-20(18)21/h3-7,10-13,21-23H,1,8-9,14-16H2,2H3,(H,31,33)(H,32,35)(H4,28,29,30)/t22-,23+/m0/s1. The number of carbonyl (C=O) groups is 3. The summed E-state index contributed by atoms with van der Waals surface area (Å²) in [6.45, 7) is 3.97. The zero-order valence-corrected chi connectivity index (χ0v) is 20.8. The molecule has 0 spiro atoms. The molecule has 0 saturated heterocycles. The molecule has 2 aromatic rings. The van der Waals surface area contributed by atoms with E-state index in [1.807, 2.05) is 48.5 Å². The highest BCUT2D eigenvalue weighted by Crippen LogP contribution is 2.44. The summed E-state index contributed by atoms with van der Waals surface area (Å²) in [6.07, 6.45) is 1.54. The number of amides is 2. The van der Waals surface area contributed by atoms with Gasteiger partial charge in [-0.3, -0.25) is 9.79 Å². The fourth-order valence-corrected chi connectivity index (χ4v) is 4.35. The molecule has 0 fully saturated rings. The van der Waals surface area contributed by atoms with Crippen LogP contribution in [0.2, 0.25) is 0 Å². The quantitative estimate of drug-likeness (QED) is 0.113. The number of hydrogen-bond acceptors (Lipinski definition) is 6. The van der Waals surface area contributed by atoms with Gasteiger partial charge in [0.05, 0.1) is 7.11 Å². The molecule has 0 saturated carbocycles. The van der Waals surface area contributed by atoms with Crippen molar-refractivity contribution in [2.24, 2.45) is 16.5 Å².